The van der Waals surface area contributed by atoms with Crippen LogP contribution in [0.3, 0.4) is 0 Å². The Bertz CT molecular complexity index is 404. The van der Waals surface area contributed by atoms with Crippen molar-refractivity contribution in [2.45, 2.75) is 32.5 Å². The monoisotopic (exact) mass is 279 g/mol. The van der Waals surface area contributed by atoms with Gasteiger partial charge in [0.25, 0.3) is 0 Å². The van der Waals surface area contributed by atoms with Crippen molar-refractivity contribution in [2.75, 3.05) is 6.54 Å². The first-order valence-electron chi connectivity index (χ1n) is 5.91. The first-order chi connectivity index (χ1) is 8.02. The number of hydrogen-bond donors (Lipinski definition) is 1. The average molecular weight is 280 g/mol. The van der Waals surface area contributed by atoms with Gasteiger partial charge in [-0.15, -0.1) is 12.4 Å². The van der Waals surface area contributed by atoms with E-state index in [1.165, 1.54) is 12.1 Å². The van der Waals surface area contributed by atoms with Crippen LogP contribution in [0.5, 0.6) is 0 Å². The van der Waals surface area contributed by atoms with E-state index in [0.29, 0.717) is 18.0 Å². The van der Waals surface area contributed by atoms with Crippen LogP contribution in [0.2, 0.25) is 0 Å². The van der Waals surface area contributed by atoms with Crippen LogP contribution < -0.4 is 5.32 Å². The van der Waals surface area contributed by atoms with Crippen LogP contribution in [0.15, 0.2) is 18.2 Å². The summed E-state index contributed by atoms with van der Waals surface area (Å²) in [6, 6.07) is 4.51. The van der Waals surface area contributed by atoms with E-state index < -0.39 is 11.7 Å². The van der Waals surface area contributed by atoms with Crippen molar-refractivity contribution in [3.8, 4) is 0 Å². The molecule has 5 heteroatoms. The van der Waals surface area contributed by atoms with Crippen LogP contribution in [0.1, 0.15) is 30.0 Å². The molecule has 0 fully saturated rings. The van der Waals surface area contributed by atoms with Gasteiger partial charge in [0.1, 0.15) is 0 Å². The minimum Gasteiger partial charge on any atom is -0.312 e. The summed E-state index contributed by atoms with van der Waals surface area (Å²) in [6.45, 7) is 3.19. The Labute approximate surface area is 111 Å². The summed E-state index contributed by atoms with van der Waals surface area (Å²) in [7, 11) is 0. The van der Waals surface area contributed by atoms with Crippen molar-refractivity contribution in [3.05, 3.63) is 34.9 Å². The zero-order chi connectivity index (χ0) is 12.5. The molecule has 0 radical (unpaired) electrons. The molecule has 1 unspecified atom stereocenters. The van der Waals surface area contributed by atoms with Gasteiger partial charge in [-0.3, -0.25) is 0 Å². The highest BCUT2D eigenvalue weighted by molar-refractivity contribution is 5.85. The van der Waals surface area contributed by atoms with Crippen molar-refractivity contribution in [1.82, 2.24) is 5.32 Å². The van der Waals surface area contributed by atoms with Crippen LogP contribution in [-0.4, -0.2) is 6.54 Å². The number of benzene rings is 1. The molecule has 1 aliphatic heterocycles. The van der Waals surface area contributed by atoms with Gasteiger partial charge in [0, 0.05) is 6.54 Å². The maximum Gasteiger partial charge on any atom is 0.416 e. The van der Waals surface area contributed by atoms with Gasteiger partial charge in [0.05, 0.1) is 5.56 Å². The van der Waals surface area contributed by atoms with Gasteiger partial charge in [0.15, 0.2) is 0 Å². The lowest BCUT2D eigenvalue weighted by Gasteiger charge is -2.15. The van der Waals surface area contributed by atoms with Crippen molar-refractivity contribution in [1.29, 1.82) is 0 Å². The summed E-state index contributed by atoms with van der Waals surface area (Å²) >= 11 is 0. The number of halogens is 4. The lowest BCUT2D eigenvalue weighted by Crippen LogP contribution is -2.20. The molecule has 1 heterocycles. The van der Waals surface area contributed by atoms with Gasteiger partial charge in [-0.1, -0.05) is 25.5 Å². The van der Waals surface area contributed by atoms with Crippen LogP contribution in [-0.2, 0) is 19.1 Å². The summed E-state index contributed by atoms with van der Waals surface area (Å²) in [5.41, 5.74) is 0.784. The van der Waals surface area contributed by atoms with Crippen LogP contribution in [0, 0.1) is 5.92 Å². The fourth-order valence-corrected chi connectivity index (χ4v) is 2.37. The van der Waals surface area contributed by atoms with Gasteiger partial charge in [-0.05, 0) is 36.1 Å². The van der Waals surface area contributed by atoms with E-state index in [0.717, 1.165) is 24.9 Å². The molecular formula is C13H17ClF3N. The summed E-state index contributed by atoms with van der Waals surface area (Å²) in [5.74, 6) is 0.430. The second-order valence-electron chi connectivity index (χ2n) is 4.55. The third kappa shape index (κ3) is 3.18. The molecule has 1 aromatic carbocycles. The molecule has 0 saturated carbocycles. The molecule has 0 spiro atoms. The summed E-state index contributed by atoms with van der Waals surface area (Å²) in [6.07, 6.45) is -2.52. The second kappa shape index (κ2) is 5.93. The lowest BCUT2D eigenvalue weighted by molar-refractivity contribution is -0.138. The predicted molar refractivity (Wildman–Crippen MR) is 67.9 cm³/mol. The van der Waals surface area contributed by atoms with Gasteiger partial charge in [0.2, 0.25) is 0 Å². The molecule has 0 aliphatic carbocycles. The largest absolute Gasteiger partial charge is 0.416 e. The first kappa shape index (κ1) is 15.3. The van der Waals surface area contributed by atoms with Crippen molar-refractivity contribution in [3.63, 3.8) is 0 Å². The van der Waals surface area contributed by atoms with Crippen molar-refractivity contribution in [2.24, 2.45) is 5.92 Å². The fraction of sp³-hybridized carbons (Fsp3) is 0.538. The molecule has 102 valence electrons. The van der Waals surface area contributed by atoms with E-state index >= 15 is 0 Å². The molecular weight excluding hydrogens is 263 g/mol. The minimum absolute atomic E-state index is 0. The van der Waals surface area contributed by atoms with Crippen molar-refractivity contribution >= 4 is 12.4 Å². The van der Waals surface area contributed by atoms with Gasteiger partial charge in [-0.2, -0.15) is 13.2 Å². The molecule has 0 bridgehead atoms. The van der Waals surface area contributed by atoms with E-state index in [4.69, 9.17) is 0 Å². The molecule has 0 aromatic heterocycles. The Balaban J connectivity index is 0.00000162. The molecule has 18 heavy (non-hydrogen) atoms. The Morgan fingerprint density at radius 1 is 1.33 bits per heavy atom. The summed E-state index contributed by atoms with van der Waals surface area (Å²) in [5, 5.41) is 3.12. The SMILES string of the molecule is CCC1CNCc2c(cccc2C(F)(F)F)C1.Cl. The lowest BCUT2D eigenvalue weighted by atomic mass is 9.93. The van der Waals surface area contributed by atoms with Crippen molar-refractivity contribution < 1.29 is 13.2 Å². The quantitative estimate of drug-likeness (QED) is 0.824. The predicted octanol–water partition coefficient (Wildman–Crippen LogP) is 3.80. The summed E-state index contributed by atoms with van der Waals surface area (Å²) < 4.78 is 38.6. The molecule has 1 aromatic rings. The standard InChI is InChI=1S/C13H16F3N.ClH/c1-2-9-6-10-4-3-5-12(13(14,15)16)11(10)8-17-7-9;/h3-5,9,17H,2,6-8H2,1H3;1H. The number of hydrogen-bond acceptors (Lipinski definition) is 1. The molecule has 0 amide bonds. The van der Waals surface area contributed by atoms with Gasteiger partial charge < -0.3 is 5.32 Å². The normalized spacial score (nSPS) is 19.7. The zero-order valence-electron chi connectivity index (χ0n) is 10.2. The Kier molecular flexibility index (Phi) is 5.05. The second-order valence-corrected chi connectivity index (χ2v) is 4.55. The smallest absolute Gasteiger partial charge is 0.312 e. The molecule has 2 rings (SSSR count). The number of rotatable bonds is 1. The maximum absolute atomic E-state index is 12.9. The third-order valence-corrected chi connectivity index (χ3v) is 3.40. The Morgan fingerprint density at radius 3 is 2.67 bits per heavy atom. The Morgan fingerprint density at radius 2 is 2.06 bits per heavy atom. The molecule has 0 saturated heterocycles. The molecule has 1 atom stereocenters. The van der Waals surface area contributed by atoms with Crippen LogP contribution >= 0.6 is 12.4 Å². The number of fused-ring (bicyclic) bond motifs is 1. The Hall–Kier alpha value is -0.740. The van der Waals surface area contributed by atoms with Gasteiger partial charge in [-0.25, -0.2) is 0 Å². The number of alkyl halides is 3. The number of nitrogens with one attached hydrogen (secondary N) is 1. The summed E-state index contributed by atoms with van der Waals surface area (Å²) in [4.78, 5) is 0. The highest BCUT2D eigenvalue weighted by atomic mass is 35.5. The first-order valence-corrected chi connectivity index (χ1v) is 5.91. The van der Waals surface area contributed by atoms with Gasteiger partial charge >= 0.3 is 6.18 Å². The fourth-order valence-electron chi connectivity index (χ4n) is 2.37. The van der Waals surface area contributed by atoms with E-state index in [-0.39, 0.29) is 12.4 Å². The minimum atomic E-state index is -4.25. The third-order valence-electron chi connectivity index (χ3n) is 3.40. The molecule has 1 aliphatic rings. The zero-order valence-corrected chi connectivity index (χ0v) is 11.0. The highest BCUT2D eigenvalue weighted by Crippen LogP contribution is 2.34. The highest BCUT2D eigenvalue weighted by Gasteiger charge is 2.34. The van der Waals surface area contributed by atoms with E-state index in [9.17, 15) is 13.2 Å². The van der Waals surface area contributed by atoms with E-state index in [1.807, 2.05) is 6.07 Å². The topological polar surface area (TPSA) is 12.0 Å². The van der Waals surface area contributed by atoms with E-state index in [2.05, 4.69) is 12.2 Å². The average Bonchev–Trinajstić information content (AvgIpc) is 2.48. The van der Waals surface area contributed by atoms with E-state index in [1.54, 1.807) is 0 Å². The molecule has 1 nitrogen and oxygen atoms in total. The maximum atomic E-state index is 12.9. The van der Waals surface area contributed by atoms with Crippen LogP contribution in [0.25, 0.3) is 0 Å². The molecule has 1 N–H and O–H groups in total. The van der Waals surface area contributed by atoms with Crippen LogP contribution in [0.4, 0.5) is 13.2 Å².